The number of hydrogen-bond donors (Lipinski definition) is 1. The van der Waals surface area contributed by atoms with Crippen molar-refractivity contribution in [3.8, 4) is 0 Å². The molecule has 1 aliphatic rings. The number of carbonyl (C=O) groups excluding carboxylic acids is 1. The first-order chi connectivity index (χ1) is 13.2. The van der Waals surface area contributed by atoms with Crippen LogP contribution in [-0.4, -0.2) is 28.8 Å². The van der Waals surface area contributed by atoms with Crippen LogP contribution in [0.15, 0.2) is 47.4 Å². The van der Waals surface area contributed by atoms with E-state index in [4.69, 9.17) is 0 Å². The van der Waals surface area contributed by atoms with Gasteiger partial charge in [-0.05, 0) is 36.8 Å². The van der Waals surface area contributed by atoms with Crippen molar-refractivity contribution in [2.24, 2.45) is 0 Å². The van der Waals surface area contributed by atoms with E-state index in [9.17, 15) is 9.59 Å². The van der Waals surface area contributed by atoms with Gasteiger partial charge in [-0.1, -0.05) is 18.2 Å². The fourth-order valence-corrected chi connectivity index (χ4v) is 4.37. The van der Waals surface area contributed by atoms with Gasteiger partial charge in [0.05, 0.1) is 18.4 Å². The monoisotopic (exact) mass is 382 g/mol. The molecule has 3 aromatic rings. The second kappa shape index (κ2) is 7.92. The predicted octanol–water partition coefficient (Wildman–Crippen LogP) is 2.76. The largest absolute Gasteiger partial charge is 0.370 e. The molecule has 0 saturated carbocycles. The molecular weight excluding hydrogens is 360 g/mol. The third kappa shape index (κ3) is 4.19. The summed E-state index contributed by atoms with van der Waals surface area (Å²) >= 11 is 1.66. The number of fused-ring (bicyclic) bond motifs is 1. The van der Waals surface area contributed by atoms with Crippen LogP contribution in [0.25, 0.3) is 10.1 Å². The normalized spacial score (nSPS) is 14.4. The summed E-state index contributed by atoms with van der Waals surface area (Å²) in [6.45, 7) is 2.31. The standard InChI is InChI=1S/C20H22N4O2S/c25-19(21-13-17-10-15-6-2-3-7-18(15)27-17)14-24-20(26)11-16(12-22-24)23-8-4-1-5-9-23/h2-3,6-7,10-12H,1,4-5,8-9,13-14H2,(H,21,25). The molecule has 0 spiro atoms. The van der Waals surface area contributed by atoms with E-state index in [1.165, 1.54) is 21.2 Å². The van der Waals surface area contributed by atoms with Crippen LogP contribution >= 0.6 is 11.3 Å². The van der Waals surface area contributed by atoms with E-state index in [1.54, 1.807) is 23.6 Å². The molecule has 27 heavy (non-hydrogen) atoms. The number of thiophene rings is 1. The summed E-state index contributed by atoms with van der Waals surface area (Å²) in [6.07, 6.45) is 5.21. The second-order valence-corrected chi connectivity index (χ2v) is 7.95. The first-order valence-electron chi connectivity index (χ1n) is 9.25. The van der Waals surface area contributed by atoms with E-state index in [0.29, 0.717) is 6.54 Å². The summed E-state index contributed by atoms with van der Waals surface area (Å²) in [5.41, 5.74) is 0.608. The molecule has 140 valence electrons. The Bertz CT molecular complexity index is 971. The summed E-state index contributed by atoms with van der Waals surface area (Å²) in [6, 6.07) is 11.8. The van der Waals surface area contributed by atoms with E-state index in [1.807, 2.05) is 12.1 Å². The van der Waals surface area contributed by atoms with Crippen LogP contribution in [0.3, 0.4) is 0 Å². The highest BCUT2D eigenvalue weighted by Crippen LogP contribution is 2.25. The molecule has 0 radical (unpaired) electrons. The third-order valence-electron chi connectivity index (χ3n) is 4.81. The minimum Gasteiger partial charge on any atom is -0.370 e. The maximum atomic E-state index is 12.3. The Morgan fingerprint density at radius 1 is 1.15 bits per heavy atom. The molecule has 1 aromatic carbocycles. The van der Waals surface area contributed by atoms with Gasteiger partial charge in [-0.2, -0.15) is 5.10 Å². The van der Waals surface area contributed by atoms with Gasteiger partial charge in [0.25, 0.3) is 5.56 Å². The number of anilines is 1. The zero-order chi connectivity index (χ0) is 18.6. The Morgan fingerprint density at radius 3 is 2.74 bits per heavy atom. The molecule has 1 aliphatic heterocycles. The lowest BCUT2D eigenvalue weighted by Gasteiger charge is -2.28. The average Bonchev–Trinajstić information content (AvgIpc) is 3.12. The smallest absolute Gasteiger partial charge is 0.269 e. The van der Waals surface area contributed by atoms with Crippen LogP contribution in [0.5, 0.6) is 0 Å². The minimum atomic E-state index is -0.241. The highest BCUT2D eigenvalue weighted by Gasteiger charge is 2.13. The first kappa shape index (κ1) is 17.7. The molecular formula is C20H22N4O2S. The summed E-state index contributed by atoms with van der Waals surface area (Å²) in [5.74, 6) is -0.215. The van der Waals surface area contributed by atoms with E-state index < -0.39 is 0 Å². The Labute approximate surface area is 161 Å². The Balaban J connectivity index is 1.36. The van der Waals surface area contributed by atoms with Crippen LogP contribution in [-0.2, 0) is 17.9 Å². The summed E-state index contributed by atoms with van der Waals surface area (Å²) in [5, 5.41) is 8.24. The number of benzene rings is 1. The Kier molecular flexibility index (Phi) is 5.20. The summed E-state index contributed by atoms with van der Waals surface area (Å²) in [7, 11) is 0. The second-order valence-electron chi connectivity index (χ2n) is 6.78. The van der Waals surface area contributed by atoms with E-state index in [-0.39, 0.29) is 18.0 Å². The van der Waals surface area contributed by atoms with Crippen LogP contribution < -0.4 is 15.8 Å². The van der Waals surface area contributed by atoms with Crippen molar-refractivity contribution in [1.82, 2.24) is 15.1 Å². The molecule has 0 bridgehead atoms. The molecule has 2 aromatic heterocycles. The van der Waals surface area contributed by atoms with Crippen molar-refractivity contribution in [2.45, 2.75) is 32.4 Å². The SMILES string of the molecule is O=C(Cn1ncc(N2CCCCC2)cc1=O)NCc1cc2ccccc2s1. The molecule has 1 N–H and O–H groups in total. The van der Waals surface area contributed by atoms with E-state index in [2.05, 4.69) is 33.5 Å². The average molecular weight is 382 g/mol. The number of aromatic nitrogens is 2. The van der Waals surface area contributed by atoms with Gasteiger partial charge in [-0.15, -0.1) is 11.3 Å². The van der Waals surface area contributed by atoms with Gasteiger partial charge in [0.1, 0.15) is 6.54 Å². The lowest BCUT2D eigenvalue weighted by Crippen LogP contribution is -2.35. The number of nitrogens with zero attached hydrogens (tertiary/aromatic N) is 3. The van der Waals surface area contributed by atoms with Gasteiger partial charge < -0.3 is 10.2 Å². The zero-order valence-electron chi connectivity index (χ0n) is 15.1. The molecule has 1 amide bonds. The highest BCUT2D eigenvalue weighted by atomic mass is 32.1. The molecule has 0 aliphatic carbocycles. The van der Waals surface area contributed by atoms with Gasteiger partial charge in [-0.25, -0.2) is 4.68 Å². The van der Waals surface area contributed by atoms with Gasteiger partial charge in [-0.3, -0.25) is 9.59 Å². The summed E-state index contributed by atoms with van der Waals surface area (Å²) in [4.78, 5) is 27.8. The van der Waals surface area contributed by atoms with Crippen molar-refractivity contribution < 1.29 is 4.79 Å². The lowest BCUT2D eigenvalue weighted by molar-refractivity contribution is -0.122. The van der Waals surface area contributed by atoms with Crippen molar-refractivity contribution in [3.05, 3.63) is 57.8 Å². The maximum absolute atomic E-state index is 12.3. The molecule has 1 saturated heterocycles. The van der Waals surface area contributed by atoms with Gasteiger partial charge in [0, 0.05) is 28.7 Å². The third-order valence-corrected chi connectivity index (χ3v) is 5.92. The number of carbonyl (C=O) groups is 1. The highest BCUT2D eigenvalue weighted by molar-refractivity contribution is 7.19. The summed E-state index contributed by atoms with van der Waals surface area (Å²) < 4.78 is 2.42. The van der Waals surface area contributed by atoms with Crippen molar-refractivity contribution >= 4 is 33.0 Å². The topological polar surface area (TPSA) is 67.2 Å². The lowest BCUT2D eigenvalue weighted by atomic mass is 10.1. The Hall–Kier alpha value is -2.67. The first-order valence-corrected chi connectivity index (χ1v) is 10.1. The molecule has 3 heterocycles. The van der Waals surface area contributed by atoms with Crippen molar-refractivity contribution in [1.29, 1.82) is 0 Å². The fourth-order valence-electron chi connectivity index (χ4n) is 3.37. The molecule has 4 rings (SSSR count). The number of amides is 1. The van der Waals surface area contributed by atoms with Crippen LogP contribution in [0.1, 0.15) is 24.1 Å². The van der Waals surface area contributed by atoms with Gasteiger partial charge in [0.2, 0.25) is 5.91 Å². The van der Waals surface area contributed by atoms with Crippen molar-refractivity contribution in [3.63, 3.8) is 0 Å². The van der Waals surface area contributed by atoms with Gasteiger partial charge in [0.15, 0.2) is 0 Å². The quantitative estimate of drug-likeness (QED) is 0.737. The molecule has 7 heteroatoms. The van der Waals surface area contributed by atoms with Crippen LogP contribution in [0.4, 0.5) is 5.69 Å². The number of rotatable bonds is 5. The minimum absolute atomic E-state index is 0.0655. The van der Waals surface area contributed by atoms with Gasteiger partial charge >= 0.3 is 0 Å². The number of nitrogens with one attached hydrogen (secondary N) is 1. The molecule has 0 atom stereocenters. The number of hydrogen-bond acceptors (Lipinski definition) is 5. The van der Waals surface area contributed by atoms with E-state index in [0.717, 1.165) is 36.5 Å². The number of piperidine rings is 1. The molecule has 0 unspecified atom stereocenters. The molecule has 1 fully saturated rings. The van der Waals surface area contributed by atoms with Crippen molar-refractivity contribution in [2.75, 3.05) is 18.0 Å². The molecule has 6 nitrogen and oxygen atoms in total. The van der Waals surface area contributed by atoms with E-state index >= 15 is 0 Å². The predicted molar refractivity (Wildman–Crippen MR) is 108 cm³/mol. The zero-order valence-corrected chi connectivity index (χ0v) is 15.9. The Morgan fingerprint density at radius 2 is 1.96 bits per heavy atom. The van der Waals surface area contributed by atoms with Crippen LogP contribution in [0.2, 0.25) is 0 Å². The maximum Gasteiger partial charge on any atom is 0.269 e. The van der Waals surface area contributed by atoms with Crippen LogP contribution in [0, 0.1) is 0 Å². The fraction of sp³-hybridized carbons (Fsp3) is 0.350.